The predicted molar refractivity (Wildman–Crippen MR) is 70.4 cm³/mol. The van der Waals surface area contributed by atoms with Gasteiger partial charge < -0.3 is 15.5 Å². The van der Waals surface area contributed by atoms with E-state index in [0.29, 0.717) is 12.1 Å². The molecule has 0 unspecified atom stereocenters. The Bertz CT molecular complexity index is 384. The number of aliphatic hydroxyl groups excluding tert-OH is 1. The molecule has 0 heterocycles. The standard InChI is InChI=1S/C12H16BrNO3/c1-2-5-8(13)11(16)12(17)14-9-6-3-4-7-10(9)15/h3-4,6-8,11,15-16H,2,5H2,1H3,(H,14,17)/t8-,11-/m1/s1. The summed E-state index contributed by atoms with van der Waals surface area (Å²) in [5, 5.41) is 21.7. The monoisotopic (exact) mass is 301 g/mol. The number of nitrogens with one attached hydrogen (secondary N) is 1. The number of hydrogen-bond donors (Lipinski definition) is 3. The summed E-state index contributed by atoms with van der Waals surface area (Å²) in [4.78, 5) is 11.4. The number of carbonyl (C=O) groups excluding carboxylic acids is 1. The number of rotatable bonds is 5. The summed E-state index contributed by atoms with van der Waals surface area (Å²) in [6.07, 6.45) is 0.446. The molecule has 2 atom stereocenters. The number of amides is 1. The van der Waals surface area contributed by atoms with Crippen molar-refractivity contribution in [2.45, 2.75) is 30.7 Å². The Morgan fingerprint density at radius 2 is 2.12 bits per heavy atom. The fraction of sp³-hybridized carbons (Fsp3) is 0.417. The van der Waals surface area contributed by atoms with E-state index in [1.54, 1.807) is 18.2 Å². The first kappa shape index (κ1) is 14.0. The lowest BCUT2D eigenvalue weighted by Crippen LogP contribution is -2.34. The highest BCUT2D eigenvalue weighted by Crippen LogP contribution is 2.22. The van der Waals surface area contributed by atoms with Crippen molar-refractivity contribution >= 4 is 27.5 Å². The summed E-state index contributed by atoms with van der Waals surface area (Å²) < 4.78 is 0. The lowest BCUT2D eigenvalue weighted by molar-refractivity contribution is -0.123. The third-order valence-corrected chi connectivity index (χ3v) is 3.30. The smallest absolute Gasteiger partial charge is 0.254 e. The molecule has 0 saturated carbocycles. The molecule has 0 aliphatic heterocycles. The van der Waals surface area contributed by atoms with E-state index in [2.05, 4.69) is 21.2 Å². The number of aromatic hydroxyl groups is 1. The van der Waals surface area contributed by atoms with Gasteiger partial charge in [0.05, 0.1) is 5.69 Å². The Morgan fingerprint density at radius 1 is 1.47 bits per heavy atom. The van der Waals surface area contributed by atoms with Crippen LogP contribution in [0.5, 0.6) is 5.75 Å². The number of aliphatic hydroxyl groups is 1. The van der Waals surface area contributed by atoms with Gasteiger partial charge in [0.2, 0.25) is 0 Å². The summed E-state index contributed by atoms with van der Waals surface area (Å²) >= 11 is 3.26. The number of anilines is 1. The molecule has 1 amide bonds. The maximum atomic E-state index is 11.7. The van der Waals surface area contributed by atoms with Crippen LogP contribution in [0, 0.1) is 0 Å². The number of hydrogen-bond acceptors (Lipinski definition) is 3. The zero-order chi connectivity index (χ0) is 12.8. The first-order valence-corrected chi connectivity index (χ1v) is 6.38. The fourth-order valence-electron chi connectivity index (χ4n) is 1.38. The molecule has 0 fully saturated rings. The molecule has 0 spiro atoms. The Hall–Kier alpha value is -1.07. The average Bonchev–Trinajstić information content (AvgIpc) is 2.31. The van der Waals surface area contributed by atoms with E-state index in [1.807, 2.05) is 6.92 Å². The van der Waals surface area contributed by atoms with E-state index in [4.69, 9.17) is 0 Å². The normalized spacial score (nSPS) is 14.1. The van der Waals surface area contributed by atoms with E-state index >= 15 is 0 Å². The van der Waals surface area contributed by atoms with Gasteiger partial charge >= 0.3 is 0 Å². The zero-order valence-electron chi connectivity index (χ0n) is 9.56. The third-order valence-electron chi connectivity index (χ3n) is 2.34. The molecule has 0 saturated heterocycles. The van der Waals surface area contributed by atoms with Gasteiger partial charge in [0.15, 0.2) is 0 Å². The van der Waals surface area contributed by atoms with Crippen LogP contribution in [0.15, 0.2) is 24.3 Å². The summed E-state index contributed by atoms with van der Waals surface area (Å²) in [6, 6.07) is 6.40. The van der Waals surface area contributed by atoms with Crippen LogP contribution in [0.2, 0.25) is 0 Å². The van der Waals surface area contributed by atoms with E-state index < -0.39 is 12.0 Å². The van der Waals surface area contributed by atoms with E-state index in [9.17, 15) is 15.0 Å². The molecule has 1 aromatic carbocycles. The van der Waals surface area contributed by atoms with Crippen molar-refractivity contribution in [3.8, 4) is 5.75 Å². The van der Waals surface area contributed by atoms with Crippen molar-refractivity contribution in [2.24, 2.45) is 0 Å². The highest BCUT2D eigenvalue weighted by molar-refractivity contribution is 9.09. The molecule has 1 aromatic rings. The molecule has 0 radical (unpaired) electrons. The maximum Gasteiger partial charge on any atom is 0.254 e. The molecule has 17 heavy (non-hydrogen) atoms. The van der Waals surface area contributed by atoms with Gasteiger partial charge in [-0.1, -0.05) is 41.4 Å². The summed E-state index contributed by atoms with van der Waals surface area (Å²) in [7, 11) is 0. The van der Waals surface area contributed by atoms with Crippen LogP contribution in [-0.4, -0.2) is 27.1 Å². The summed E-state index contributed by atoms with van der Waals surface area (Å²) in [5.41, 5.74) is 0.299. The minimum absolute atomic E-state index is 0.0188. The van der Waals surface area contributed by atoms with Crippen molar-refractivity contribution in [3.05, 3.63) is 24.3 Å². The molecule has 94 valence electrons. The van der Waals surface area contributed by atoms with Crippen molar-refractivity contribution in [3.63, 3.8) is 0 Å². The minimum atomic E-state index is -1.13. The van der Waals surface area contributed by atoms with Gasteiger partial charge in [0, 0.05) is 4.83 Å². The molecule has 0 aliphatic rings. The molecular weight excluding hydrogens is 286 g/mol. The Morgan fingerprint density at radius 3 is 2.71 bits per heavy atom. The van der Waals surface area contributed by atoms with Gasteiger partial charge in [0.1, 0.15) is 11.9 Å². The number of phenolic OH excluding ortho intramolecular Hbond substituents is 1. The van der Waals surface area contributed by atoms with Crippen LogP contribution >= 0.6 is 15.9 Å². The van der Waals surface area contributed by atoms with E-state index in [0.717, 1.165) is 6.42 Å². The number of carbonyl (C=O) groups is 1. The maximum absolute atomic E-state index is 11.7. The van der Waals surface area contributed by atoms with Gasteiger partial charge in [0.25, 0.3) is 5.91 Å². The largest absolute Gasteiger partial charge is 0.506 e. The van der Waals surface area contributed by atoms with Crippen LogP contribution in [0.4, 0.5) is 5.69 Å². The molecule has 4 nitrogen and oxygen atoms in total. The second kappa shape index (κ2) is 6.61. The molecule has 1 rings (SSSR count). The lowest BCUT2D eigenvalue weighted by atomic mass is 10.1. The number of phenols is 1. The quantitative estimate of drug-likeness (QED) is 0.577. The Kier molecular flexibility index (Phi) is 5.44. The third kappa shape index (κ3) is 4.02. The lowest BCUT2D eigenvalue weighted by Gasteiger charge is -2.16. The topological polar surface area (TPSA) is 69.6 Å². The van der Waals surface area contributed by atoms with Gasteiger partial charge in [-0.25, -0.2) is 0 Å². The number of halogens is 1. The molecular formula is C12H16BrNO3. The van der Waals surface area contributed by atoms with E-state index in [1.165, 1.54) is 6.07 Å². The molecule has 0 aliphatic carbocycles. The molecule has 5 heteroatoms. The average molecular weight is 302 g/mol. The van der Waals surface area contributed by atoms with Crippen LogP contribution in [0.3, 0.4) is 0 Å². The fourth-order valence-corrected chi connectivity index (χ4v) is 2.08. The molecule has 0 aromatic heterocycles. The van der Waals surface area contributed by atoms with Crippen LogP contribution in [0.25, 0.3) is 0 Å². The van der Waals surface area contributed by atoms with Crippen molar-refractivity contribution in [1.29, 1.82) is 0 Å². The highest BCUT2D eigenvalue weighted by Gasteiger charge is 2.23. The summed E-state index contributed by atoms with van der Waals surface area (Å²) in [6.45, 7) is 1.97. The van der Waals surface area contributed by atoms with Gasteiger partial charge in [-0.05, 0) is 18.6 Å². The van der Waals surface area contributed by atoms with Gasteiger partial charge in [-0.15, -0.1) is 0 Å². The number of alkyl halides is 1. The first-order valence-electron chi connectivity index (χ1n) is 5.47. The van der Waals surface area contributed by atoms with E-state index in [-0.39, 0.29) is 10.6 Å². The van der Waals surface area contributed by atoms with Crippen LogP contribution < -0.4 is 5.32 Å². The second-order valence-electron chi connectivity index (χ2n) is 3.76. The Labute approximate surface area is 109 Å². The minimum Gasteiger partial charge on any atom is -0.506 e. The SMILES string of the molecule is CCC[C@@H](Br)[C@@H](O)C(=O)Nc1ccccc1O. The van der Waals surface area contributed by atoms with Crippen molar-refractivity contribution in [1.82, 2.24) is 0 Å². The van der Waals surface area contributed by atoms with Crippen LogP contribution in [0.1, 0.15) is 19.8 Å². The van der Waals surface area contributed by atoms with Gasteiger partial charge in [-0.3, -0.25) is 4.79 Å². The van der Waals surface area contributed by atoms with Gasteiger partial charge in [-0.2, -0.15) is 0 Å². The Balaban J connectivity index is 2.63. The van der Waals surface area contributed by atoms with Crippen LogP contribution in [-0.2, 0) is 4.79 Å². The second-order valence-corrected chi connectivity index (χ2v) is 4.93. The number of benzene rings is 1. The zero-order valence-corrected chi connectivity index (χ0v) is 11.1. The first-order chi connectivity index (χ1) is 8.06. The number of para-hydroxylation sites is 2. The molecule has 0 bridgehead atoms. The summed E-state index contributed by atoms with van der Waals surface area (Å²) in [5.74, 6) is -0.545. The molecule has 3 N–H and O–H groups in total. The highest BCUT2D eigenvalue weighted by atomic mass is 79.9. The van der Waals surface area contributed by atoms with Crippen molar-refractivity contribution in [2.75, 3.05) is 5.32 Å². The van der Waals surface area contributed by atoms with Crippen molar-refractivity contribution < 1.29 is 15.0 Å². The predicted octanol–water partition coefficient (Wildman–Crippen LogP) is 2.26.